The van der Waals surface area contributed by atoms with Crippen molar-refractivity contribution < 1.29 is 17.9 Å². The van der Waals surface area contributed by atoms with Crippen LogP contribution in [0.15, 0.2) is 21.5 Å². The van der Waals surface area contributed by atoms with Crippen molar-refractivity contribution in [2.75, 3.05) is 6.54 Å². The van der Waals surface area contributed by atoms with E-state index in [2.05, 4.69) is 15.9 Å². The van der Waals surface area contributed by atoms with Gasteiger partial charge < -0.3 is 5.11 Å². The molecule has 1 aliphatic carbocycles. The second kappa shape index (κ2) is 6.32. The summed E-state index contributed by atoms with van der Waals surface area (Å²) in [5.41, 5.74) is -0.0296. The van der Waals surface area contributed by atoms with Crippen molar-refractivity contribution in [2.45, 2.75) is 44.2 Å². The molecule has 0 radical (unpaired) electrons. The lowest BCUT2D eigenvalue weighted by atomic mass is 10.2. The fourth-order valence-corrected chi connectivity index (χ4v) is 4.69. The van der Waals surface area contributed by atoms with Gasteiger partial charge in [-0.3, -0.25) is 0 Å². The summed E-state index contributed by atoms with van der Waals surface area (Å²) in [5.74, 6) is -0.503. The van der Waals surface area contributed by atoms with E-state index in [1.807, 2.05) is 0 Å². The molecule has 1 fully saturated rings. The number of rotatable bonds is 6. The minimum atomic E-state index is -3.92. The summed E-state index contributed by atoms with van der Waals surface area (Å²) in [6.07, 6.45) is 2.03. The summed E-state index contributed by atoms with van der Waals surface area (Å²) >= 11 is 3.17. The number of aliphatic hydroxyl groups excluding tert-OH is 1. The van der Waals surface area contributed by atoms with Crippen LogP contribution in [0.3, 0.4) is 0 Å². The van der Waals surface area contributed by atoms with E-state index in [9.17, 15) is 12.8 Å². The molecule has 7 heteroatoms. The Morgan fingerprint density at radius 1 is 1.43 bits per heavy atom. The van der Waals surface area contributed by atoms with Gasteiger partial charge in [-0.1, -0.05) is 15.9 Å². The first-order valence-corrected chi connectivity index (χ1v) is 9.11. The highest BCUT2D eigenvalue weighted by atomic mass is 79.9. The zero-order valence-electron chi connectivity index (χ0n) is 12.0. The van der Waals surface area contributed by atoms with E-state index in [0.717, 1.165) is 12.8 Å². The summed E-state index contributed by atoms with van der Waals surface area (Å²) in [6.45, 7) is 3.43. The van der Waals surface area contributed by atoms with Gasteiger partial charge in [0.2, 0.25) is 10.0 Å². The molecule has 1 aromatic rings. The number of aliphatic hydroxyl groups is 1. The summed E-state index contributed by atoms with van der Waals surface area (Å²) in [6, 6.07) is 2.40. The lowest BCUT2D eigenvalue weighted by Gasteiger charge is -2.26. The van der Waals surface area contributed by atoms with E-state index in [0.29, 0.717) is 16.9 Å². The molecular weight excluding hydrogens is 361 g/mol. The minimum absolute atomic E-state index is 0.0296. The first-order valence-electron chi connectivity index (χ1n) is 6.88. The molecule has 0 bridgehead atoms. The number of halogens is 2. The summed E-state index contributed by atoms with van der Waals surface area (Å²) in [4.78, 5) is -0.379. The molecule has 118 valence electrons. The van der Waals surface area contributed by atoms with Crippen molar-refractivity contribution in [1.29, 1.82) is 0 Å². The molecule has 2 rings (SSSR count). The minimum Gasteiger partial charge on any atom is -0.392 e. The second-order valence-electron chi connectivity index (χ2n) is 5.65. The maximum Gasteiger partial charge on any atom is 0.246 e. The van der Waals surface area contributed by atoms with Crippen LogP contribution < -0.4 is 0 Å². The highest BCUT2D eigenvalue weighted by Crippen LogP contribution is 2.34. The zero-order valence-corrected chi connectivity index (χ0v) is 14.4. The summed E-state index contributed by atoms with van der Waals surface area (Å²) in [7, 11) is -3.92. The predicted octanol–water partition coefficient (Wildman–Crippen LogP) is 2.89. The molecular formula is C14H19BrFNO3S. The van der Waals surface area contributed by atoms with Crippen LogP contribution in [0.2, 0.25) is 0 Å². The van der Waals surface area contributed by atoms with Crippen molar-refractivity contribution in [1.82, 2.24) is 4.31 Å². The molecule has 1 aromatic carbocycles. The standard InChI is InChI=1S/C14H19BrFNO3S/c1-9(2)17(7-10-3-4-10)21(19,20)13-6-12(15)5-11(8-18)14(13)16/h5-6,9-10,18H,3-4,7-8H2,1-2H3. The Bertz CT molecular complexity index is 629. The average Bonchev–Trinajstić information content (AvgIpc) is 3.21. The molecule has 1 saturated carbocycles. The van der Waals surface area contributed by atoms with Crippen molar-refractivity contribution in [2.24, 2.45) is 5.92 Å². The van der Waals surface area contributed by atoms with Crippen molar-refractivity contribution >= 4 is 26.0 Å². The fraction of sp³-hybridized carbons (Fsp3) is 0.571. The number of nitrogens with zero attached hydrogens (tertiary/aromatic N) is 1. The van der Waals surface area contributed by atoms with Crippen molar-refractivity contribution in [3.8, 4) is 0 Å². The van der Waals surface area contributed by atoms with Gasteiger partial charge in [-0.2, -0.15) is 4.31 Å². The highest BCUT2D eigenvalue weighted by molar-refractivity contribution is 9.10. The number of sulfonamides is 1. The molecule has 4 nitrogen and oxygen atoms in total. The van der Waals surface area contributed by atoms with Gasteiger partial charge in [0.05, 0.1) is 6.61 Å². The number of hydrogen-bond acceptors (Lipinski definition) is 3. The van der Waals surface area contributed by atoms with Gasteiger partial charge in [0.25, 0.3) is 0 Å². The van der Waals surface area contributed by atoms with E-state index in [4.69, 9.17) is 5.11 Å². The Balaban J connectivity index is 2.48. The van der Waals surface area contributed by atoms with E-state index in [1.165, 1.54) is 16.4 Å². The molecule has 0 saturated heterocycles. The number of hydrogen-bond donors (Lipinski definition) is 1. The largest absolute Gasteiger partial charge is 0.392 e. The Hall–Kier alpha value is -0.500. The highest BCUT2D eigenvalue weighted by Gasteiger charge is 2.35. The van der Waals surface area contributed by atoms with Crippen LogP contribution in [0.4, 0.5) is 4.39 Å². The molecule has 0 heterocycles. The van der Waals surface area contributed by atoms with Gasteiger partial charge in [0, 0.05) is 22.6 Å². The maximum absolute atomic E-state index is 14.3. The van der Waals surface area contributed by atoms with Crippen LogP contribution in [0.1, 0.15) is 32.3 Å². The van der Waals surface area contributed by atoms with E-state index in [1.54, 1.807) is 13.8 Å². The Kier molecular flexibility index (Phi) is 5.07. The molecule has 21 heavy (non-hydrogen) atoms. The van der Waals surface area contributed by atoms with Crippen LogP contribution in [0.25, 0.3) is 0 Å². The van der Waals surface area contributed by atoms with Crippen molar-refractivity contribution in [3.05, 3.63) is 28.0 Å². The molecule has 0 atom stereocenters. The van der Waals surface area contributed by atoms with Gasteiger partial charge in [0.15, 0.2) is 0 Å². The van der Waals surface area contributed by atoms with E-state index in [-0.39, 0.29) is 16.5 Å². The lowest BCUT2D eigenvalue weighted by molar-refractivity contribution is 0.274. The van der Waals surface area contributed by atoms with Gasteiger partial charge >= 0.3 is 0 Å². The van der Waals surface area contributed by atoms with Crippen LogP contribution in [-0.4, -0.2) is 30.4 Å². The SMILES string of the molecule is CC(C)N(CC1CC1)S(=O)(=O)c1cc(Br)cc(CO)c1F. The van der Waals surface area contributed by atoms with Gasteiger partial charge in [-0.15, -0.1) is 0 Å². The summed E-state index contributed by atoms with van der Waals surface area (Å²) in [5, 5.41) is 9.17. The normalized spacial score (nSPS) is 16.0. The fourth-order valence-electron chi connectivity index (χ4n) is 2.19. The van der Waals surface area contributed by atoms with E-state index >= 15 is 0 Å². The third-order valence-electron chi connectivity index (χ3n) is 3.55. The van der Waals surface area contributed by atoms with Crippen LogP contribution in [-0.2, 0) is 16.6 Å². The average molecular weight is 380 g/mol. The van der Waals surface area contributed by atoms with Gasteiger partial charge in [0.1, 0.15) is 10.7 Å². The second-order valence-corrected chi connectivity index (χ2v) is 8.42. The Morgan fingerprint density at radius 3 is 2.52 bits per heavy atom. The molecule has 1 N–H and O–H groups in total. The molecule has 1 aliphatic rings. The maximum atomic E-state index is 14.3. The Morgan fingerprint density at radius 2 is 2.05 bits per heavy atom. The van der Waals surface area contributed by atoms with Crippen LogP contribution in [0, 0.1) is 11.7 Å². The topological polar surface area (TPSA) is 57.6 Å². The van der Waals surface area contributed by atoms with E-state index < -0.39 is 22.4 Å². The quantitative estimate of drug-likeness (QED) is 0.826. The third kappa shape index (κ3) is 3.64. The van der Waals surface area contributed by atoms with Crippen LogP contribution >= 0.6 is 15.9 Å². The first kappa shape index (κ1) is 16.9. The smallest absolute Gasteiger partial charge is 0.246 e. The zero-order chi connectivity index (χ0) is 15.8. The molecule has 0 aromatic heterocycles. The molecule has 0 spiro atoms. The monoisotopic (exact) mass is 379 g/mol. The van der Waals surface area contributed by atoms with Gasteiger partial charge in [-0.05, 0) is 44.7 Å². The summed E-state index contributed by atoms with van der Waals surface area (Å²) < 4.78 is 41.6. The first-order chi connectivity index (χ1) is 9.77. The number of benzene rings is 1. The van der Waals surface area contributed by atoms with Crippen LogP contribution in [0.5, 0.6) is 0 Å². The molecule has 0 aliphatic heterocycles. The molecule has 0 unspecified atom stereocenters. The third-order valence-corrected chi connectivity index (χ3v) is 6.05. The Labute approximate surface area is 133 Å². The van der Waals surface area contributed by atoms with Crippen molar-refractivity contribution in [3.63, 3.8) is 0 Å². The van der Waals surface area contributed by atoms with Gasteiger partial charge in [-0.25, -0.2) is 12.8 Å². The predicted molar refractivity (Wildman–Crippen MR) is 81.8 cm³/mol. The lowest BCUT2D eigenvalue weighted by Crippen LogP contribution is -2.39. The molecule has 0 amide bonds.